The molecule has 0 aliphatic heterocycles. The van der Waals surface area contributed by atoms with E-state index in [9.17, 15) is 18.5 Å². The number of benzene rings is 1. The van der Waals surface area contributed by atoms with Crippen molar-refractivity contribution in [2.24, 2.45) is 5.84 Å². The highest BCUT2D eigenvalue weighted by Crippen LogP contribution is 2.22. The lowest BCUT2D eigenvalue weighted by molar-refractivity contribution is 0.0538. The van der Waals surface area contributed by atoms with Crippen molar-refractivity contribution in [1.82, 2.24) is 4.79 Å². The second-order valence-corrected chi connectivity index (χ2v) is 4.01. The second-order valence-electron chi connectivity index (χ2n) is 4.01. The summed E-state index contributed by atoms with van der Waals surface area (Å²) in [5.74, 6) is 2.33. The van der Waals surface area contributed by atoms with E-state index in [1.165, 1.54) is 24.3 Å². The van der Waals surface area contributed by atoms with Crippen LogP contribution in [-0.4, -0.2) is 17.4 Å². The molecule has 0 aliphatic carbocycles. The van der Waals surface area contributed by atoms with Crippen molar-refractivity contribution in [2.75, 3.05) is 12.0 Å². The number of carbonyl (C=O) groups excluding carboxylic acids is 1. The van der Waals surface area contributed by atoms with Crippen LogP contribution in [0, 0.1) is 5.95 Å². The van der Waals surface area contributed by atoms with Gasteiger partial charge in [0.15, 0.2) is 5.56 Å². The van der Waals surface area contributed by atoms with Crippen LogP contribution in [0.5, 0.6) is 0 Å². The van der Waals surface area contributed by atoms with Crippen LogP contribution >= 0.6 is 0 Å². The molecule has 1 aromatic heterocycles. The maximum absolute atomic E-state index is 13.9. The smallest absolute Gasteiger partial charge is 0.347 e. The summed E-state index contributed by atoms with van der Waals surface area (Å²) in [6, 6.07) is 3.95. The Kier molecular flexibility index (Phi) is 3.99. The summed E-state index contributed by atoms with van der Waals surface area (Å²) in [6.45, 7) is 3.07. The first-order chi connectivity index (χ1) is 10.0. The van der Waals surface area contributed by atoms with Crippen LogP contribution in [0.15, 0.2) is 35.6 Å². The Bertz CT molecular complexity index is 786. The number of aromatic nitrogens is 1. The van der Waals surface area contributed by atoms with E-state index >= 15 is 0 Å². The molecular formula is C13H11F2N3O3. The van der Waals surface area contributed by atoms with Gasteiger partial charge in [0.05, 0.1) is 16.6 Å². The molecular weight excluding hydrogens is 284 g/mol. The van der Waals surface area contributed by atoms with E-state index in [0.717, 1.165) is 0 Å². The second kappa shape index (κ2) is 5.71. The van der Waals surface area contributed by atoms with Gasteiger partial charge in [-0.3, -0.25) is 10.6 Å². The summed E-state index contributed by atoms with van der Waals surface area (Å²) in [6.07, 6.45) is 1.23. The number of nitrogens with zero attached hydrogens (tertiary/aromatic N) is 1. The normalized spacial score (nSPS) is 10.4. The Morgan fingerprint density at radius 3 is 2.86 bits per heavy atom. The van der Waals surface area contributed by atoms with Crippen molar-refractivity contribution in [2.45, 2.75) is 0 Å². The number of hydrazine groups is 1. The number of pyridine rings is 1. The van der Waals surface area contributed by atoms with Crippen molar-refractivity contribution in [3.8, 4) is 0 Å². The Morgan fingerprint density at radius 1 is 1.52 bits per heavy atom. The number of fused-ring (bicyclic) bond motifs is 1. The topological polar surface area (TPSA) is 86.3 Å². The van der Waals surface area contributed by atoms with Crippen molar-refractivity contribution >= 4 is 22.6 Å². The number of nitrogens with two attached hydrogens (primary N) is 1. The lowest BCUT2D eigenvalue weighted by Gasteiger charge is -2.10. The largest absolute Gasteiger partial charge is 0.458 e. The first-order valence-corrected chi connectivity index (χ1v) is 5.81. The molecule has 2 rings (SSSR count). The summed E-state index contributed by atoms with van der Waals surface area (Å²) in [7, 11) is 0. The van der Waals surface area contributed by atoms with Crippen LogP contribution in [0.25, 0.3) is 10.9 Å². The number of nitrogen functional groups attached to an aromatic ring is 1. The number of hydrogen-bond donors (Lipinski definition) is 2. The zero-order chi connectivity index (χ0) is 15.6. The monoisotopic (exact) mass is 295 g/mol. The average molecular weight is 295 g/mol. The van der Waals surface area contributed by atoms with Gasteiger partial charge in [0.2, 0.25) is 11.4 Å². The van der Waals surface area contributed by atoms with E-state index in [0.29, 0.717) is 0 Å². The molecule has 0 radical (unpaired) electrons. The third-order valence-electron chi connectivity index (χ3n) is 2.78. The summed E-state index contributed by atoms with van der Waals surface area (Å²) < 4.78 is 32.4. The number of esters is 1. The SMILES string of the molecule is C=CCOC(=O)c1c(F)n(F)c2cccc(NN)c2c1=O. The molecule has 1 aromatic carbocycles. The lowest BCUT2D eigenvalue weighted by atomic mass is 10.1. The number of nitrogens with one attached hydrogen (secondary N) is 1. The van der Waals surface area contributed by atoms with Crippen LogP contribution < -0.4 is 16.7 Å². The molecule has 110 valence electrons. The summed E-state index contributed by atoms with van der Waals surface area (Å²) in [5, 5.41) is -0.255. The predicted molar refractivity (Wildman–Crippen MR) is 73.0 cm³/mol. The fourth-order valence-electron chi connectivity index (χ4n) is 1.87. The highest BCUT2D eigenvalue weighted by Gasteiger charge is 2.25. The minimum absolute atomic E-state index is 0.0571. The molecule has 0 spiro atoms. The van der Waals surface area contributed by atoms with Gasteiger partial charge < -0.3 is 10.2 Å². The van der Waals surface area contributed by atoms with Crippen molar-refractivity contribution in [1.29, 1.82) is 0 Å². The minimum Gasteiger partial charge on any atom is -0.458 e. The molecule has 0 bridgehead atoms. The van der Waals surface area contributed by atoms with E-state index in [4.69, 9.17) is 5.84 Å². The first-order valence-electron chi connectivity index (χ1n) is 5.81. The molecule has 2 aromatic rings. The van der Waals surface area contributed by atoms with Crippen LogP contribution in [0.1, 0.15) is 10.4 Å². The van der Waals surface area contributed by atoms with Crippen LogP contribution in [0.3, 0.4) is 0 Å². The molecule has 1 heterocycles. The summed E-state index contributed by atoms with van der Waals surface area (Å²) in [5.41, 5.74) is -0.148. The quantitative estimate of drug-likeness (QED) is 0.293. The minimum atomic E-state index is -1.63. The fourth-order valence-corrected chi connectivity index (χ4v) is 1.87. The van der Waals surface area contributed by atoms with Gasteiger partial charge in [0.25, 0.3) is 0 Å². The molecule has 21 heavy (non-hydrogen) atoms. The third-order valence-corrected chi connectivity index (χ3v) is 2.78. The van der Waals surface area contributed by atoms with Crippen molar-refractivity contribution < 1.29 is 18.4 Å². The van der Waals surface area contributed by atoms with E-state index < -0.39 is 27.7 Å². The van der Waals surface area contributed by atoms with E-state index in [2.05, 4.69) is 16.7 Å². The van der Waals surface area contributed by atoms with Crippen LogP contribution in [0.2, 0.25) is 0 Å². The number of halogens is 2. The first kappa shape index (κ1) is 14.7. The third kappa shape index (κ3) is 2.36. The number of carbonyl (C=O) groups is 1. The summed E-state index contributed by atoms with van der Waals surface area (Å²) in [4.78, 5) is 23.5. The van der Waals surface area contributed by atoms with Gasteiger partial charge in [-0.1, -0.05) is 23.2 Å². The van der Waals surface area contributed by atoms with Crippen molar-refractivity contribution in [3.05, 3.63) is 52.6 Å². The molecule has 0 fully saturated rings. The molecule has 8 heteroatoms. The van der Waals surface area contributed by atoms with E-state index in [1.807, 2.05) is 0 Å². The zero-order valence-electron chi connectivity index (χ0n) is 10.7. The number of ether oxygens (including phenoxy) is 1. The van der Waals surface area contributed by atoms with Crippen molar-refractivity contribution in [3.63, 3.8) is 0 Å². The maximum atomic E-state index is 13.9. The highest BCUT2D eigenvalue weighted by molar-refractivity contribution is 5.98. The fraction of sp³-hybridized carbons (Fsp3) is 0.0769. The summed E-state index contributed by atoms with van der Waals surface area (Å²) >= 11 is 0. The lowest BCUT2D eigenvalue weighted by Crippen LogP contribution is -2.24. The molecule has 0 saturated carbocycles. The van der Waals surface area contributed by atoms with Gasteiger partial charge in [0.1, 0.15) is 6.61 Å². The number of anilines is 1. The Labute approximate surface area is 117 Å². The molecule has 0 saturated heterocycles. The Balaban J connectivity index is 2.81. The number of hydrogen-bond acceptors (Lipinski definition) is 5. The molecule has 0 atom stereocenters. The Hall–Kier alpha value is -2.74. The highest BCUT2D eigenvalue weighted by atomic mass is 19.2. The van der Waals surface area contributed by atoms with Crippen LogP contribution in [0.4, 0.5) is 14.6 Å². The van der Waals surface area contributed by atoms with Gasteiger partial charge in [-0.25, -0.2) is 4.79 Å². The van der Waals surface area contributed by atoms with Gasteiger partial charge in [0, 0.05) is 0 Å². The van der Waals surface area contributed by atoms with Crippen LogP contribution in [-0.2, 0) is 4.74 Å². The van der Waals surface area contributed by atoms with E-state index in [-0.39, 0.29) is 23.2 Å². The molecule has 0 unspecified atom stereocenters. The maximum Gasteiger partial charge on any atom is 0.347 e. The van der Waals surface area contributed by atoms with E-state index in [1.54, 1.807) is 0 Å². The standard InChI is InChI=1S/C13H11F2N3O3/c1-2-6-21-13(20)10-11(19)9-7(17-16)4-3-5-8(9)18(15)12(10)14/h2-5,17H,1,6,16H2. The molecule has 0 aliphatic rings. The van der Waals surface area contributed by atoms with Gasteiger partial charge in [-0.2, -0.15) is 4.39 Å². The number of rotatable bonds is 4. The molecule has 6 nitrogen and oxygen atoms in total. The zero-order valence-corrected chi connectivity index (χ0v) is 10.7. The molecule has 3 N–H and O–H groups in total. The average Bonchev–Trinajstić information content (AvgIpc) is 2.50. The van der Waals surface area contributed by atoms with Gasteiger partial charge >= 0.3 is 5.97 Å². The Morgan fingerprint density at radius 2 is 2.24 bits per heavy atom. The van der Waals surface area contributed by atoms with Gasteiger partial charge in [-0.05, 0) is 12.1 Å². The predicted octanol–water partition coefficient (Wildman–Crippen LogP) is 1.50. The molecule has 0 amide bonds. The van der Waals surface area contributed by atoms with Gasteiger partial charge in [-0.15, -0.1) is 4.79 Å².